The maximum absolute atomic E-state index is 12.8. The molecule has 0 heterocycles. The summed E-state index contributed by atoms with van der Waals surface area (Å²) >= 11 is 3.33. The molecular formula is C14H13BrFNO3S. The van der Waals surface area contributed by atoms with E-state index in [0.29, 0.717) is 5.75 Å². The lowest BCUT2D eigenvalue weighted by molar-refractivity contribution is 0.321. The number of sulfonamides is 1. The normalized spacial score (nSPS) is 11.3. The molecule has 0 aliphatic heterocycles. The van der Waals surface area contributed by atoms with Gasteiger partial charge in [0.1, 0.15) is 18.2 Å². The summed E-state index contributed by atoms with van der Waals surface area (Å²) in [7, 11) is -3.65. The second-order valence-electron chi connectivity index (χ2n) is 4.13. The van der Waals surface area contributed by atoms with Crippen LogP contribution in [0.5, 0.6) is 5.75 Å². The maximum atomic E-state index is 12.8. The standard InChI is InChI=1S/C14H13BrFNO3S/c15-13-3-1-2-4-14(13)20-10-9-17-21(18,19)12-7-5-11(16)6-8-12/h1-8,17H,9-10H2. The molecule has 0 spiro atoms. The molecule has 0 fully saturated rings. The molecule has 0 atom stereocenters. The fourth-order valence-electron chi connectivity index (χ4n) is 1.60. The van der Waals surface area contributed by atoms with Crippen molar-refractivity contribution in [3.8, 4) is 5.75 Å². The van der Waals surface area contributed by atoms with Crippen molar-refractivity contribution in [2.75, 3.05) is 13.2 Å². The van der Waals surface area contributed by atoms with Gasteiger partial charge in [-0.3, -0.25) is 0 Å². The molecule has 2 aromatic rings. The Balaban J connectivity index is 1.88. The highest BCUT2D eigenvalue weighted by molar-refractivity contribution is 9.10. The van der Waals surface area contributed by atoms with Crippen LogP contribution in [0.15, 0.2) is 57.9 Å². The predicted octanol–water partition coefficient (Wildman–Crippen LogP) is 2.95. The number of nitrogens with one attached hydrogen (secondary N) is 1. The van der Waals surface area contributed by atoms with Gasteiger partial charge in [0, 0.05) is 6.54 Å². The third kappa shape index (κ3) is 4.52. The minimum Gasteiger partial charge on any atom is -0.491 e. The van der Waals surface area contributed by atoms with E-state index < -0.39 is 15.8 Å². The van der Waals surface area contributed by atoms with Crippen LogP contribution in [0.2, 0.25) is 0 Å². The highest BCUT2D eigenvalue weighted by Gasteiger charge is 2.13. The Hall–Kier alpha value is -1.44. The first-order valence-corrected chi connectivity index (χ1v) is 8.39. The Morgan fingerprint density at radius 2 is 1.76 bits per heavy atom. The van der Waals surface area contributed by atoms with Gasteiger partial charge in [-0.15, -0.1) is 0 Å². The van der Waals surface area contributed by atoms with E-state index in [0.717, 1.165) is 16.6 Å². The van der Waals surface area contributed by atoms with Crippen molar-refractivity contribution in [1.29, 1.82) is 0 Å². The summed E-state index contributed by atoms with van der Waals surface area (Å²) < 4.78 is 45.3. The van der Waals surface area contributed by atoms with Gasteiger partial charge in [0.25, 0.3) is 0 Å². The molecule has 0 bridgehead atoms. The average molecular weight is 374 g/mol. The minimum atomic E-state index is -3.65. The summed E-state index contributed by atoms with van der Waals surface area (Å²) in [6, 6.07) is 11.9. The first kappa shape index (κ1) is 15.9. The zero-order chi connectivity index (χ0) is 15.3. The van der Waals surface area contributed by atoms with Crippen molar-refractivity contribution in [3.05, 3.63) is 58.8 Å². The number of hydrogen-bond acceptors (Lipinski definition) is 3. The van der Waals surface area contributed by atoms with Crippen molar-refractivity contribution < 1.29 is 17.5 Å². The van der Waals surface area contributed by atoms with Gasteiger partial charge < -0.3 is 4.74 Å². The summed E-state index contributed by atoms with van der Waals surface area (Å²) in [5.41, 5.74) is 0. The third-order valence-electron chi connectivity index (χ3n) is 2.61. The fourth-order valence-corrected chi connectivity index (χ4v) is 3.01. The summed E-state index contributed by atoms with van der Waals surface area (Å²) in [6.45, 7) is 0.296. The molecular weight excluding hydrogens is 361 g/mol. The van der Waals surface area contributed by atoms with Crippen LogP contribution in [-0.4, -0.2) is 21.6 Å². The molecule has 0 aliphatic carbocycles. The lowest BCUT2D eigenvalue weighted by atomic mass is 10.3. The highest BCUT2D eigenvalue weighted by Crippen LogP contribution is 2.23. The lowest BCUT2D eigenvalue weighted by Gasteiger charge is -2.09. The van der Waals surface area contributed by atoms with Gasteiger partial charge in [-0.2, -0.15) is 0 Å². The van der Waals surface area contributed by atoms with Gasteiger partial charge in [-0.05, 0) is 52.3 Å². The molecule has 1 N–H and O–H groups in total. The van der Waals surface area contributed by atoms with E-state index in [-0.39, 0.29) is 18.0 Å². The molecule has 0 aliphatic rings. The second-order valence-corrected chi connectivity index (χ2v) is 6.75. The largest absolute Gasteiger partial charge is 0.491 e. The van der Waals surface area contributed by atoms with E-state index in [1.165, 1.54) is 12.1 Å². The van der Waals surface area contributed by atoms with Crippen LogP contribution in [-0.2, 0) is 10.0 Å². The quantitative estimate of drug-likeness (QED) is 0.792. The van der Waals surface area contributed by atoms with Gasteiger partial charge in [-0.25, -0.2) is 17.5 Å². The van der Waals surface area contributed by atoms with Crippen LogP contribution in [0, 0.1) is 5.82 Å². The zero-order valence-electron chi connectivity index (χ0n) is 10.9. The van der Waals surface area contributed by atoms with Crippen LogP contribution in [0.3, 0.4) is 0 Å². The molecule has 0 aromatic heterocycles. The smallest absolute Gasteiger partial charge is 0.240 e. The number of hydrogen-bond donors (Lipinski definition) is 1. The maximum Gasteiger partial charge on any atom is 0.240 e. The molecule has 2 rings (SSSR count). The van der Waals surface area contributed by atoms with E-state index in [4.69, 9.17) is 4.74 Å². The first-order valence-electron chi connectivity index (χ1n) is 6.11. The molecule has 112 valence electrons. The van der Waals surface area contributed by atoms with Crippen LogP contribution in [0.1, 0.15) is 0 Å². The topological polar surface area (TPSA) is 55.4 Å². The summed E-state index contributed by atoms with van der Waals surface area (Å²) in [6.07, 6.45) is 0. The number of halogens is 2. The Kier molecular flexibility index (Phi) is 5.33. The van der Waals surface area contributed by atoms with E-state index in [1.54, 1.807) is 6.07 Å². The molecule has 0 amide bonds. The Morgan fingerprint density at radius 3 is 2.43 bits per heavy atom. The highest BCUT2D eigenvalue weighted by atomic mass is 79.9. The van der Waals surface area contributed by atoms with Gasteiger partial charge in [0.05, 0.1) is 9.37 Å². The number of rotatable bonds is 6. The minimum absolute atomic E-state index is 0.0183. The van der Waals surface area contributed by atoms with Gasteiger partial charge in [0.15, 0.2) is 0 Å². The Bertz CT molecular complexity index is 704. The summed E-state index contributed by atoms with van der Waals surface area (Å²) in [5.74, 6) is 0.157. The van der Waals surface area contributed by atoms with Crippen LogP contribution >= 0.6 is 15.9 Å². The Morgan fingerprint density at radius 1 is 1.10 bits per heavy atom. The zero-order valence-corrected chi connectivity index (χ0v) is 13.3. The molecule has 2 aromatic carbocycles. The Labute approximate surface area is 131 Å². The van der Waals surface area contributed by atoms with Crippen molar-refractivity contribution in [3.63, 3.8) is 0 Å². The van der Waals surface area contributed by atoms with E-state index in [1.807, 2.05) is 18.2 Å². The average Bonchev–Trinajstić information content (AvgIpc) is 2.46. The second kappa shape index (κ2) is 7.02. The van der Waals surface area contributed by atoms with Gasteiger partial charge in [-0.1, -0.05) is 12.1 Å². The van der Waals surface area contributed by atoms with Crippen molar-refractivity contribution in [1.82, 2.24) is 4.72 Å². The molecule has 0 unspecified atom stereocenters. The summed E-state index contributed by atoms with van der Waals surface area (Å²) in [4.78, 5) is 0.0183. The summed E-state index contributed by atoms with van der Waals surface area (Å²) in [5, 5.41) is 0. The molecule has 4 nitrogen and oxygen atoms in total. The number of ether oxygens (including phenoxy) is 1. The van der Waals surface area contributed by atoms with Gasteiger partial charge >= 0.3 is 0 Å². The van der Waals surface area contributed by atoms with Crippen molar-refractivity contribution >= 4 is 26.0 Å². The third-order valence-corrected chi connectivity index (χ3v) is 4.74. The van der Waals surface area contributed by atoms with Crippen LogP contribution in [0.4, 0.5) is 4.39 Å². The van der Waals surface area contributed by atoms with Crippen LogP contribution < -0.4 is 9.46 Å². The lowest BCUT2D eigenvalue weighted by Crippen LogP contribution is -2.28. The molecule has 0 saturated heterocycles. The molecule has 7 heteroatoms. The first-order chi connectivity index (χ1) is 9.99. The van der Waals surface area contributed by atoms with Crippen LogP contribution in [0.25, 0.3) is 0 Å². The number of para-hydroxylation sites is 1. The molecule has 0 radical (unpaired) electrons. The van der Waals surface area contributed by atoms with Gasteiger partial charge in [0.2, 0.25) is 10.0 Å². The van der Waals surface area contributed by atoms with Crippen molar-refractivity contribution in [2.24, 2.45) is 0 Å². The SMILES string of the molecule is O=S(=O)(NCCOc1ccccc1Br)c1ccc(F)cc1. The van der Waals surface area contributed by atoms with Crippen molar-refractivity contribution in [2.45, 2.75) is 4.90 Å². The van der Waals surface area contributed by atoms with E-state index >= 15 is 0 Å². The fraction of sp³-hybridized carbons (Fsp3) is 0.143. The predicted molar refractivity (Wildman–Crippen MR) is 81.2 cm³/mol. The molecule has 0 saturated carbocycles. The van der Waals surface area contributed by atoms with E-state index in [9.17, 15) is 12.8 Å². The monoisotopic (exact) mass is 373 g/mol. The number of benzene rings is 2. The molecule has 21 heavy (non-hydrogen) atoms. The van der Waals surface area contributed by atoms with E-state index in [2.05, 4.69) is 20.7 Å².